The van der Waals surface area contributed by atoms with E-state index in [0.717, 1.165) is 21.5 Å². The average Bonchev–Trinajstić information content (AvgIpc) is 2.98. The van der Waals surface area contributed by atoms with Crippen molar-refractivity contribution < 1.29 is 9.53 Å². The van der Waals surface area contributed by atoms with Crippen molar-refractivity contribution in [3.8, 4) is 0 Å². The molecule has 2 aromatic heterocycles. The van der Waals surface area contributed by atoms with Crippen LogP contribution in [-0.4, -0.2) is 28.8 Å². The van der Waals surface area contributed by atoms with E-state index in [1.165, 1.54) is 22.6 Å². The van der Waals surface area contributed by atoms with Crippen molar-refractivity contribution in [2.45, 2.75) is 25.7 Å². The van der Waals surface area contributed by atoms with Crippen LogP contribution in [0.1, 0.15) is 29.1 Å². The van der Waals surface area contributed by atoms with Gasteiger partial charge in [0.05, 0.1) is 12.0 Å². The first kappa shape index (κ1) is 18.7. The van der Waals surface area contributed by atoms with Crippen LogP contribution in [0.15, 0.2) is 35.5 Å². The fraction of sp³-hybridized carbons (Fsp3) is 0.316. The lowest BCUT2D eigenvalue weighted by Gasteiger charge is -2.09. The number of fused-ring (bicyclic) bond motifs is 1. The molecule has 1 aromatic carbocycles. The molecule has 0 aliphatic heterocycles. The Morgan fingerprint density at radius 3 is 2.88 bits per heavy atom. The van der Waals surface area contributed by atoms with Crippen LogP contribution in [0.5, 0.6) is 0 Å². The molecule has 5 nitrogen and oxygen atoms in total. The minimum atomic E-state index is -0.297. The number of hydrogen-bond acceptors (Lipinski definition) is 7. The van der Waals surface area contributed by atoms with Crippen molar-refractivity contribution in [1.29, 1.82) is 0 Å². The van der Waals surface area contributed by atoms with Gasteiger partial charge >= 0.3 is 5.97 Å². The lowest BCUT2D eigenvalue weighted by Crippen LogP contribution is -2.09. The quantitative estimate of drug-likeness (QED) is 0.459. The van der Waals surface area contributed by atoms with E-state index < -0.39 is 0 Å². The molecule has 26 heavy (non-hydrogen) atoms. The van der Waals surface area contributed by atoms with Crippen LogP contribution in [0.2, 0.25) is 0 Å². The van der Waals surface area contributed by atoms with Crippen LogP contribution in [0, 0.1) is 12.8 Å². The summed E-state index contributed by atoms with van der Waals surface area (Å²) in [6.07, 6.45) is 3.56. The van der Waals surface area contributed by atoms with E-state index in [0.29, 0.717) is 23.2 Å². The van der Waals surface area contributed by atoms with E-state index in [-0.39, 0.29) is 5.97 Å². The largest absolute Gasteiger partial charge is 0.461 e. The molecule has 0 bridgehead atoms. The number of rotatable bonds is 6. The Bertz CT molecular complexity index is 938. The van der Waals surface area contributed by atoms with E-state index >= 15 is 0 Å². The third-order valence-electron chi connectivity index (χ3n) is 3.79. The molecular formula is C19H21N3O2S2. The maximum Gasteiger partial charge on any atom is 0.348 e. The van der Waals surface area contributed by atoms with Crippen molar-refractivity contribution in [2.75, 3.05) is 18.2 Å². The molecule has 0 spiro atoms. The van der Waals surface area contributed by atoms with Gasteiger partial charge in [0.25, 0.3) is 0 Å². The number of nitrogens with one attached hydrogen (secondary N) is 1. The van der Waals surface area contributed by atoms with Crippen LogP contribution in [0.25, 0.3) is 10.2 Å². The van der Waals surface area contributed by atoms with Gasteiger partial charge in [0.2, 0.25) is 0 Å². The van der Waals surface area contributed by atoms with Gasteiger partial charge in [-0.05, 0) is 42.9 Å². The zero-order chi connectivity index (χ0) is 18.7. The Labute approximate surface area is 161 Å². The SMILES string of the molecule is CSc1cccc(Nc2ncnc3sc(C(=O)OCC(C)C)c(C)c23)c1. The molecule has 0 radical (unpaired) electrons. The zero-order valence-electron chi connectivity index (χ0n) is 15.2. The van der Waals surface area contributed by atoms with Crippen molar-refractivity contribution in [3.05, 3.63) is 41.0 Å². The highest BCUT2D eigenvalue weighted by Gasteiger charge is 2.20. The molecule has 7 heteroatoms. The fourth-order valence-corrected chi connectivity index (χ4v) is 4.01. The van der Waals surface area contributed by atoms with E-state index in [1.807, 2.05) is 39.2 Å². The van der Waals surface area contributed by atoms with Crippen LogP contribution in [0.3, 0.4) is 0 Å². The molecular weight excluding hydrogens is 366 g/mol. The second-order valence-corrected chi connectivity index (χ2v) is 8.19. The lowest BCUT2D eigenvalue weighted by molar-refractivity contribution is 0.0464. The number of carbonyl (C=O) groups is 1. The predicted molar refractivity (Wildman–Crippen MR) is 109 cm³/mol. The number of aromatic nitrogens is 2. The summed E-state index contributed by atoms with van der Waals surface area (Å²) in [5.74, 6) is 0.703. The Balaban J connectivity index is 1.95. The van der Waals surface area contributed by atoms with Gasteiger partial charge in [0.1, 0.15) is 21.9 Å². The topological polar surface area (TPSA) is 64.1 Å². The van der Waals surface area contributed by atoms with Crippen LogP contribution < -0.4 is 5.32 Å². The van der Waals surface area contributed by atoms with Gasteiger partial charge in [-0.2, -0.15) is 0 Å². The van der Waals surface area contributed by atoms with Crippen LogP contribution >= 0.6 is 23.1 Å². The first-order chi connectivity index (χ1) is 12.5. The van der Waals surface area contributed by atoms with Gasteiger partial charge in [-0.3, -0.25) is 0 Å². The molecule has 3 rings (SSSR count). The van der Waals surface area contributed by atoms with E-state index in [4.69, 9.17) is 4.74 Å². The molecule has 0 aliphatic rings. The summed E-state index contributed by atoms with van der Waals surface area (Å²) in [5, 5.41) is 4.22. The van der Waals surface area contributed by atoms with E-state index in [2.05, 4.69) is 27.4 Å². The summed E-state index contributed by atoms with van der Waals surface area (Å²) < 4.78 is 5.39. The lowest BCUT2D eigenvalue weighted by atomic mass is 10.2. The Morgan fingerprint density at radius 1 is 1.35 bits per heavy atom. The molecule has 0 aliphatic carbocycles. The Morgan fingerprint density at radius 2 is 2.15 bits per heavy atom. The Hall–Kier alpha value is -2.12. The van der Waals surface area contributed by atoms with Crippen molar-refractivity contribution >= 4 is 50.8 Å². The number of nitrogens with zero attached hydrogens (tertiary/aromatic N) is 2. The smallest absolute Gasteiger partial charge is 0.348 e. The maximum atomic E-state index is 12.4. The molecule has 0 saturated heterocycles. The highest BCUT2D eigenvalue weighted by atomic mass is 32.2. The summed E-state index contributed by atoms with van der Waals surface area (Å²) in [6, 6.07) is 8.12. The predicted octanol–water partition coefficient (Wildman–Crippen LogP) is 5.28. The normalized spacial score (nSPS) is 11.1. The van der Waals surface area contributed by atoms with Gasteiger partial charge in [-0.1, -0.05) is 19.9 Å². The minimum absolute atomic E-state index is 0.297. The standard InChI is InChI=1S/C19H21N3O2S2/c1-11(2)9-24-19(23)16-12(3)15-17(20-10-21-18(15)26-16)22-13-6-5-7-14(8-13)25-4/h5-8,10-11H,9H2,1-4H3,(H,20,21,22). The highest BCUT2D eigenvalue weighted by Crippen LogP contribution is 2.35. The molecule has 2 heterocycles. The van der Waals surface area contributed by atoms with Gasteiger partial charge < -0.3 is 10.1 Å². The summed E-state index contributed by atoms with van der Waals surface area (Å²) in [4.78, 5) is 23.7. The molecule has 0 unspecified atom stereocenters. The average molecular weight is 388 g/mol. The van der Waals surface area contributed by atoms with E-state index in [9.17, 15) is 4.79 Å². The number of anilines is 2. The third-order valence-corrected chi connectivity index (χ3v) is 5.70. The monoisotopic (exact) mass is 387 g/mol. The molecule has 1 N–H and O–H groups in total. The van der Waals surface area contributed by atoms with Gasteiger partial charge in [-0.15, -0.1) is 23.1 Å². The number of benzene rings is 1. The number of thiophene rings is 1. The first-order valence-electron chi connectivity index (χ1n) is 8.32. The second-order valence-electron chi connectivity index (χ2n) is 6.31. The Kier molecular flexibility index (Phi) is 5.78. The summed E-state index contributed by atoms with van der Waals surface area (Å²) >= 11 is 3.03. The number of thioether (sulfide) groups is 1. The van der Waals surface area contributed by atoms with Crippen LogP contribution in [-0.2, 0) is 4.74 Å². The number of esters is 1. The van der Waals surface area contributed by atoms with Gasteiger partial charge in [0.15, 0.2) is 0 Å². The number of carbonyl (C=O) groups excluding carboxylic acids is 1. The number of hydrogen-bond donors (Lipinski definition) is 1. The van der Waals surface area contributed by atoms with Gasteiger partial charge in [-0.25, -0.2) is 14.8 Å². The summed E-state index contributed by atoms with van der Waals surface area (Å²) in [6.45, 7) is 6.35. The molecule has 0 amide bonds. The molecule has 0 fully saturated rings. The first-order valence-corrected chi connectivity index (χ1v) is 10.4. The third kappa shape index (κ3) is 3.99. The van der Waals surface area contributed by atoms with E-state index in [1.54, 1.807) is 11.8 Å². The van der Waals surface area contributed by atoms with Crippen LogP contribution in [0.4, 0.5) is 11.5 Å². The maximum absolute atomic E-state index is 12.4. The number of ether oxygens (including phenoxy) is 1. The summed E-state index contributed by atoms with van der Waals surface area (Å²) in [7, 11) is 0. The highest BCUT2D eigenvalue weighted by molar-refractivity contribution is 7.98. The van der Waals surface area contributed by atoms with Crippen molar-refractivity contribution in [3.63, 3.8) is 0 Å². The zero-order valence-corrected chi connectivity index (χ0v) is 16.8. The summed E-state index contributed by atoms with van der Waals surface area (Å²) in [5.41, 5.74) is 1.80. The van der Waals surface area contributed by atoms with Crippen molar-refractivity contribution in [1.82, 2.24) is 9.97 Å². The second kappa shape index (κ2) is 8.05. The molecule has 0 saturated carbocycles. The number of aryl methyl sites for hydroxylation is 1. The minimum Gasteiger partial charge on any atom is -0.461 e. The molecule has 3 aromatic rings. The van der Waals surface area contributed by atoms with Gasteiger partial charge in [0, 0.05) is 10.6 Å². The van der Waals surface area contributed by atoms with Crippen molar-refractivity contribution in [2.24, 2.45) is 5.92 Å². The molecule has 0 atom stereocenters. The molecule has 136 valence electrons. The fourth-order valence-electron chi connectivity index (χ4n) is 2.51.